The van der Waals surface area contributed by atoms with E-state index in [1.807, 2.05) is 0 Å². The summed E-state index contributed by atoms with van der Waals surface area (Å²) in [6.45, 7) is 1.49. The molecule has 0 atom stereocenters. The summed E-state index contributed by atoms with van der Waals surface area (Å²) in [5, 5.41) is 9.28. The maximum atomic E-state index is 11.6. The van der Waals surface area contributed by atoms with Gasteiger partial charge in [0, 0.05) is 5.02 Å². The van der Waals surface area contributed by atoms with Crippen molar-refractivity contribution in [3.05, 3.63) is 32.4 Å². The lowest BCUT2D eigenvalue weighted by atomic mass is 10.2. The highest BCUT2D eigenvalue weighted by Crippen LogP contribution is 2.25. The zero-order valence-corrected chi connectivity index (χ0v) is 9.93. The number of thiazole rings is 1. The van der Waals surface area contributed by atoms with Crippen LogP contribution in [0.1, 0.15) is 5.56 Å². The van der Waals surface area contributed by atoms with Crippen LogP contribution in [0.25, 0.3) is 10.2 Å². The van der Waals surface area contributed by atoms with Crippen LogP contribution in [0, 0.1) is 6.92 Å². The number of rotatable bonds is 2. The molecule has 0 aliphatic rings. The summed E-state index contributed by atoms with van der Waals surface area (Å²) >= 11 is 6.88. The lowest BCUT2D eigenvalue weighted by Crippen LogP contribution is -2.18. The Labute approximate surface area is 99.7 Å². The van der Waals surface area contributed by atoms with Crippen LogP contribution in [-0.4, -0.2) is 15.6 Å². The van der Waals surface area contributed by atoms with Crippen molar-refractivity contribution in [3.8, 4) is 0 Å². The highest BCUT2D eigenvalue weighted by molar-refractivity contribution is 7.16. The summed E-state index contributed by atoms with van der Waals surface area (Å²) < 4.78 is 1.98. The number of aromatic nitrogens is 1. The molecule has 4 nitrogen and oxygen atoms in total. The molecule has 0 bridgehead atoms. The van der Waals surface area contributed by atoms with Crippen LogP contribution in [-0.2, 0) is 11.3 Å². The molecular weight excluding hydrogens is 250 g/mol. The van der Waals surface area contributed by atoms with Gasteiger partial charge in [0.15, 0.2) is 0 Å². The third-order valence-electron chi connectivity index (χ3n) is 2.21. The van der Waals surface area contributed by atoms with E-state index in [9.17, 15) is 9.59 Å². The summed E-state index contributed by atoms with van der Waals surface area (Å²) in [6, 6.07) is 3.39. The van der Waals surface area contributed by atoms with E-state index in [0.717, 1.165) is 21.6 Å². The van der Waals surface area contributed by atoms with E-state index in [1.165, 1.54) is 4.57 Å². The summed E-state index contributed by atoms with van der Waals surface area (Å²) in [4.78, 5) is 22.0. The van der Waals surface area contributed by atoms with Crippen LogP contribution in [0.4, 0.5) is 0 Å². The van der Waals surface area contributed by atoms with E-state index >= 15 is 0 Å². The zero-order chi connectivity index (χ0) is 11.9. The molecule has 0 spiro atoms. The first kappa shape index (κ1) is 11.2. The van der Waals surface area contributed by atoms with E-state index in [2.05, 4.69) is 0 Å². The third-order valence-corrected chi connectivity index (χ3v) is 3.36. The normalized spacial score (nSPS) is 10.9. The molecule has 2 rings (SSSR count). The molecule has 1 aromatic heterocycles. The number of halogens is 1. The number of nitrogens with zero attached hydrogens (tertiary/aromatic N) is 1. The maximum absolute atomic E-state index is 11.6. The Morgan fingerprint density at radius 3 is 2.88 bits per heavy atom. The lowest BCUT2D eigenvalue weighted by Gasteiger charge is -2.03. The highest BCUT2D eigenvalue weighted by Gasteiger charge is 2.12. The average molecular weight is 258 g/mol. The Bertz CT molecular complexity index is 629. The Balaban J connectivity index is 2.78. The predicted molar refractivity (Wildman–Crippen MR) is 63.5 cm³/mol. The fourth-order valence-corrected chi connectivity index (χ4v) is 2.99. The van der Waals surface area contributed by atoms with E-state index in [-0.39, 0.29) is 11.4 Å². The third kappa shape index (κ3) is 1.83. The quantitative estimate of drug-likeness (QED) is 0.896. The average Bonchev–Trinajstić information content (AvgIpc) is 2.41. The fourth-order valence-electron chi connectivity index (χ4n) is 1.65. The van der Waals surface area contributed by atoms with Crippen molar-refractivity contribution in [1.29, 1.82) is 0 Å². The number of carboxylic acid groups (broad SMARTS) is 1. The van der Waals surface area contributed by atoms with Gasteiger partial charge < -0.3 is 5.11 Å². The molecule has 6 heteroatoms. The maximum Gasteiger partial charge on any atom is 0.323 e. The van der Waals surface area contributed by atoms with Gasteiger partial charge in [-0.25, -0.2) is 0 Å². The number of carboxylic acids is 1. The number of carbonyl (C=O) groups is 1. The van der Waals surface area contributed by atoms with Gasteiger partial charge in [-0.2, -0.15) is 0 Å². The first-order chi connectivity index (χ1) is 7.49. The van der Waals surface area contributed by atoms with Crippen LogP contribution in [0.2, 0.25) is 5.02 Å². The summed E-state index contributed by atoms with van der Waals surface area (Å²) in [5.74, 6) is -1.03. The number of aliphatic carboxylic acids is 1. The van der Waals surface area contributed by atoms with Gasteiger partial charge in [0.1, 0.15) is 6.54 Å². The van der Waals surface area contributed by atoms with Crippen LogP contribution in [0.3, 0.4) is 0 Å². The summed E-state index contributed by atoms with van der Waals surface area (Å²) in [5.41, 5.74) is 1.46. The van der Waals surface area contributed by atoms with Crippen LogP contribution in [0.15, 0.2) is 16.9 Å². The predicted octanol–water partition coefficient (Wildman–Crippen LogP) is 2.11. The molecule has 0 saturated heterocycles. The molecule has 1 N–H and O–H groups in total. The second kappa shape index (κ2) is 3.92. The van der Waals surface area contributed by atoms with Crippen molar-refractivity contribution in [2.24, 2.45) is 0 Å². The molecule has 1 heterocycles. The first-order valence-corrected chi connectivity index (χ1v) is 5.70. The van der Waals surface area contributed by atoms with Gasteiger partial charge in [-0.3, -0.25) is 14.2 Å². The standard InChI is InChI=1S/C10H8ClNO3S/c1-5-2-6(11)3-7-9(5)12(4-8(13)14)10(15)16-7/h2-3H,4H2,1H3,(H,13,14). The van der Waals surface area contributed by atoms with Crippen LogP contribution < -0.4 is 4.87 Å². The minimum absolute atomic E-state index is 0.275. The lowest BCUT2D eigenvalue weighted by molar-refractivity contribution is -0.137. The first-order valence-electron chi connectivity index (χ1n) is 4.50. The SMILES string of the molecule is Cc1cc(Cl)cc2sc(=O)n(CC(=O)O)c12. The van der Waals surface area contributed by atoms with E-state index in [0.29, 0.717) is 10.5 Å². The Kier molecular flexibility index (Phi) is 2.73. The highest BCUT2D eigenvalue weighted by atomic mass is 35.5. The Morgan fingerprint density at radius 2 is 2.25 bits per heavy atom. The van der Waals surface area contributed by atoms with Gasteiger partial charge in [-0.1, -0.05) is 22.9 Å². The number of aryl methyl sites for hydroxylation is 1. The fraction of sp³-hybridized carbons (Fsp3) is 0.200. The number of benzene rings is 1. The van der Waals surface area contributed by atoms with Crippen LogP contribution >= 0.6 is 22.9 Å². The molecule has 0 aliphatic heterocycles. The smallest absolute Gasteiger partial charge is 0.323 e. The molecule has 0 unspecified atom stereocenters. The largest absolute Gasteiger partial charge is 0.480 e. The van der Waals surface area contributed by atoms with Gasteiger partial charge >= 0.3 is 10.8 Å². The van der Waals surface area contributed by atoms with Crippen molar-refractivity contribution in [1.82, 2.24) is 4.57 Å². The topological polar surface area (TPSA) is 59.3 Å². The minimum Gasteiger partial charge on any atom is -0.480 e. The monoisotopic (exact) mass is 257 g/mol. The van der Waals surface area contributed by atoms with Gasteiger partial charge in [0.25, 0.3) is 0 Å². The van der Waals surface area contributed by atoms with Gasteiger partial charge in [-0.15, -0.1) is 0 Å². The van der Waals surface area contributed by atoms with E-state index < -0.39 is 5.97 Å². The molecule has 0 saturated carbocycles. The molecule has 16 heavy (non-hydrogen) atoms. The molecule has 0 aliphatic carbocycles. The van der Waals surface area contributed by atoms with Crippen LogP contribution in [0.5, 0.6) is 0 Å². The van der Waals surface area contributed by atoms with Crippen molar-refractivity contribution in [2.45, 2.75) is 13.5 Å². The summed E-state index contributed by atoms with van der Waals surface area (Å²) in [7, 11) is 0. The molecule has 84 valence electrons. The van der Waals surface area contributed by atoms with Gasteiger partial charge in [-0.05, 0) is 24.6 Å². The Hall–Kier alpha value is -1.33. The summed E-state index contributed by atoms with van der Waals surface area (Å²) in [6.07, 6.45) is 0. The number of hydrogen-bond acceptors (Lipinski definition) is 3. The second-order valence-electron chi connectivity index (χ2n) is 3.42. The minimum atomic E-state index is -1.03. The molecule has 0 fully saturated rings. The van der Waals surface area contributed by atoms with Crippen molar-refractivity contribution < 1.29 is 9.90 Å². The zero-order valence-electron chi connectivity index (χ0n) is 8.36. The molecule has 2 aromatic rings. The number of fused-ring (bicyclic) bond motifs is 1. The molecule has 0 amide bonds. The van der Waals surface area contributed by atoms with E-state index in [1.54, 1.807) is 19.1 Å². The molecule has 1 aromatic carbocycles. The molecular formula is C10H8ClNO3S. The van der Waals surface area contributed by atoms with Gasteiger partial charge in [0.2, 0.25) is 0 Å². The van der Waals surface area contributed by atoms with Crippen molar-refractivity contribution in [2.75, 3.05) is 0 Å². The number of hydrogen-bond donors (Lipinski definition) is 1. The Morgan fingerprint density at radius 1 is 1.56 bits per heavy atom. The van der Waals surface area contributed by atoms with Crippen molar-refractivity contribution in [3.63, 3.8) is 0 Å². The van der Waals surface area contributed by atoms with Crippen molar-refractivity contribution >= 4 is 39.1 Å². The second-order valence-corrected chi connectivity index (χ2v) is 4.85. The molecule has 0 radical (unpaired) electrons. The van der Waals surface area contributed by atoms with E-state index in [4.69, 9.17) is 16.7 Å². The van der Waals surface area contributed by atoms with Gasteiger partial charge in [0.05, 0.1) is 10.2 Å².